The predicted octanol–water partition coefficient (Wildman–Crippen LogP) is 7.87. The van der Waals surface area contributed by atoms with Crippen LogP contribution in [-0.4, -0.2) is 19.9 Å². The molecule has 0 saturated heterocycles. The van der Waals surface area contributed by atoms with Crippen LogP contribution in [0.15, 0.2) is 146 Å². The van der Waals surface area contributed by atoms with Crippen LogP contribution >= 0.6 is 0 Å². The normalized spacial score (nSPS) is 10.6. The number of hydrogen-bond acceptors (Lipinski definition) is 6. The zero-order valence-electron chi connectivity index (χ0n) is 20.5. The van der Waals surface area contributed by atoms with E-state index in [0.717, 1.165) is 45.8 Å². The molecule has 0 aliphatic heterocycles. The molecule has 0 aliphatic rings. The van der Waals surface area contributed by atoms with E-state index in [0.29, 0.717) is 0 Å². The van der Waals surface area contributed by atoms with E-state index in [4.69, 9.17) is 0 Å². The van der Waals surface area contributed by atoms with Gasteiger partial charge in [-0.3, -0.25) is 9.80 Å². The molecule has 0 amide bonds. The highest BCUT2D eigenvalue weighted by Crippen LogP contribution is 2.44. The van der Waals surface area contributed by atoms with Gasteiger partial charge in [0.15, 0.2) is 0 Å². The summed E-state index contributed by atoms with van der Waals surface area (Å²) in [6.07, 6.45) is 7.19. The Hall–Kier alpha value is -5.36. The van der Waals surface area contributed by atoms with Crippen LogP contribution < -0.4 is 9.80 Å². The Bertz CT molecular complexity index is 1410. The summed E-state index contributed by atoms with van der Waals surface area (Å²) in [5.41, 5.74) is 3.96. The monoisotopic (exact) mass is 492 g/mol. The minimum atomic E-state index is 0.780. The van der Waals surface area contributed by atoms with Gasteiger partial charge in [0.25, 0.3) is 0 Å². The van der Waals surface area contributed by atoms with Crippen LogP contribution in [0.4, 0.5) is 34.6 Å². The molecule has 6 heteroatoms. The Morgan fingerprint density at radius 1 is 0.316 bits per heavy atom. The first-order chi connectivity index (χ1) is 18.9. The molecule has 2 aromatic carbocycles. The summed E-state index contributed by atoms with van der Waals surface area (Å²) in [4.78, 5) is 22.9. The molecule has 6 nitrogen and oxygen atoms in total. The van der Waals surface area contributed by atoms with Crippen molar-refractivity contribution < 1.29 is 0 Å². The third-order valence-electron chi connectivity index (χ3n) is 6.09. The van der Waals surface area contributed by atoms with E-state index in [-0.39, 0.29) is 0 Å². The maximum atomic E-state index is 4.67. The van der Waals surface area contributed by atoms with E-state index < -0.39 is 0 Å². The lowest BCUT2D eigenvalue weighted by molar-refractivity contribution is 1.12. The maximum Gasteiger partial charge on any atom is 0.138 e. The fourth-order valence-electron chi connectivity index (χ4n) is 4.47. The van der Waals surface area contributed by atoms with Gasteiger partial charge in [0.1, 0.15) is 23.3 Å². The smallest absolute Gasteiger partial charge is 0.138 e. The standard InChI is InChI=1S/C32H24N6/c1-3-15-27(37(29-17-5-9-21-33-29)30-18-6-10-22-34-30)25(13-1)26-14-2-4-16-28(26)38(31-19-7-11-23-35-31)32-20-8-12-24-36-32/h1-24H. The SMILES string of the molecule is c1ccc(N(c2ccccn2)c2ccccc2-c2ccccc2N(c2ccccn2)c2ccccn2)nc1. The summed E-state index contributed by atoms with van der Waals surface area (Å²) in [5.74, 6) is 3.12. The fourth-order valence-corrected chi connectivity index (χ4v) is 4.47. The van der Waals surface area contributed by atoms with E-state index >= 15 is 0 Å². The van der Waals surface area contributed by atoms with Crippen molar-refractivity contribution in [2.75, 3.05) is 9.80 Å². The van der Waals surface area contributed by atoms with Gasteiger partial charge >= 0.3 is 0 Å². The van der Waals surface area contributed by atoms with E-state index in [1.54, 1.807) is 24.8 Å². The summed E-state index contributed by atoms with van der Waals surface area (Å²) < 4.78 is 0. The van der Waals surface area contributed by atoms with Crippen molar-refractivity contribution in [3.8, 4) is 11.1 Å². The molecule has 38 heavy (non-hydrogen) atoms. The molecule has 0 atom stereocenters. The Balaban J connectivity index is 1.58. The van der Waals surface area contributed by atoms with Crippen molar-refractivity contribution in [3.05, 3.63) is 146 Å². The minimum Gasteiger partial charge on any atom is -0.278 e. The van der Waals surface area contributed by atoms with Gasteiger partial charge in [-0.05, 0) is 60.7 Å². The maximum absolute atomic E-state index is 4.67. The van der Waals surface area contributed by atoms with Crippen LogP contribution in [0.25, 0.3) is 11.1 Å². The fraction of sp³-hybridized carbons (Fsp3) is 0. The second-order valence-electron chi connectivity index (χ2n) is 8.46. The van der Waals surface area contributed by atoms with Gasteiger partial charge in [0, 0.05) is 35.9 Å². The molecule has 0 N–H and O–H groups in total. The van der Waals surface area contributed by atoms with Crippen molar-refractivity contribution in [2.24, 2.45) is 0 Å². The minimum absolute atomic E-state index is 0.780. The van der Waals surface area contributed by atoms with Gasteiger partial charge in [-0.25, -0.2) is 19.9 Å². The van der Waals surface area contributed by atoms with Gasteiger partial charge in [-0.1, -0.05) is 60.7 Å². The number of benzene rings is 2. The number of aromatic nitrogens is 4. The number of pyridine rings is 4. The molecular formula is C32H24N6. The van der Waals surface area contributed by atoms with Crippen LogP contribution in [0.3, 0.4) is 0 Å². The zero-order valence-corrected chi connectivity index (χ0v) is 20.5. The largest absolute Gasteiger partial charge is 0.278 e. The molecule has 6 rings (SSSR count). The first kappa shape index (κ1) is 23.1. The van der Waals surface area contributed by atoms with Crippen LogP contribution in [0.1, 0.15) is 0 Å². The second-order valence-corrected chi connectivity index (χ2v) is 8.46. The summed E-state index contributed by atoms with van der Waals surface area (Å²) in [7, 11) is 0. The number of nitrogens with zero attached hydrogens (tertiary/aromatic N) is 6. The van der Waals surface area contributed by atoms with E-state index in [2.05, 4.69) is 66.1 Å². The first-order valence-electron chi connectivity index (χ1n) is 12.3. The van der Waals surface area contributed by atoms with Crippen LogP contribution in [0.2, 0.25) is 0 Å². The highest BCUT2D eigenvalue weighted by atomic mass is 15.3. The lowest BCUT2D eigenvalue weighted by Crippen LogP contribution is -2.16. The van der Waals surface area contributed by atoms with Gasteiger partial charge < -0.3 is 0 Å². The van der Waals surface area contributed by atoms with Gasteiger partial charge in [0.05, 0.1) is 11.4 Å². The molecular weight excluding hydrogens is 468 g/mol. The molecule has 0 spiro atoms. The summed E-state index contributed by atoms with van der Waals surface area (Å²) in [6.45, 7) is 0. The van der Waals surface area contributed by atoms with E-state index in [1.807, 2.05) is 84.9 Å². The van der Waals surface area contributed by atoms with Gasteiger partial charge in [-0.15, -0.1) is 0 Å². The zero-order chi connectivity index (χ0) is 25.6. The average molecular weight is 493 g/mol. The number of hydrogen-bond donors (Lipinski definition) is 0. The van der Waals surface area contributed by atoms with Crippen LogP contribution in [0.5, 0.6) is 0 Å². The predicted molar refractivity (Wildman–Crippen MR) is 152 cm³/mol. The number of rotatable bonds is 7. The van der Waals surface area contributed by atoms with Crippen LogP contribution in [-0.2, 0) is 0 Å². The lowest BCUT2D eigenvalue weighted by atomic mass is 9.99. The third-order valence-corrected chi connectivity index (χ3v) is 6.09. The summed E-state index contributed by atoms with van der Waals surface area (Å²) in [5, 5.41) is 0. The number of para-hydroxylation sites is 2. The Morgan fingerprint density at radius 2 is 0.605 bits per heavy atom. The molecule has 182 valence electrons. The molecule has 6 aromatic rings. The van der Waals surface area contributed by atoms with Crippen molar-refractivity contribution in [1.82, 2.24) is 19.9 Å². The third kappa shape index (κ3) is 4.58. The first-order valence-corrected chi connectivity index (χ1v) is 12.3. The quantitative estimate of drug-likeness (QED) is 0.226. The summed E-state index contributed by atoms with van der Waals surface area (Å²) >= 11 is 0. The second kappa shape index (κ2) is 10.7. The molecule has 0 saturated carbocycles. The molecule has 0 unspecified atom stereocenters. The van der Waals surface area contributed by atoms with Crippen LogP contribution in [0, 0.1) is 0 Å². The van der Waals surface area contributed by atoms with Gasteiger partial charge in [0.2, 0.25) is 0 Å². The molecule has 4 aromatic heterocycles. The average Bonchev–Trinajstić information content (AvgIpc) is 3.00. The van der Waals surface area contributed by atoms with Crippen molar-refractivity contribution >= 4 is 34.6 Å². The van der Waals surface area contributed by atoms with E-state index in [1.165, 1.54) is 0 Å². The molecule has 4 heterocycles. The molecule has 0 fully saturated rings. The molecule has 0 aliphatic carbocycles. The summed E-state index contributed by atoms with van der Waals surface area (Å²) in [6, 6.07) is 40.2. The molecule has 0 bridgehead atoms. The highest BCUT2D eigenvalue weighted by molar-refractivity contribution is 5.94. The number of anilines is 6. The van der Waals surface area contributed by atoms with Crippen molar-refractivity contribution in [3.63, 3.8) is 0 Å². The Labute approximate surface area is 221 Å². The highest BCUT2D eigenvalue weighted by Gasteiger charge is 2.23. The molecule has 0 radical (unpaired) electrons. The van der Waals surface area contributed by atoms with E-state index in [9.17, 15) is 0 Å². The lowest BCUT2D eigenvalue weighted by Gasteiger charge is -2.28. The Kier molecular flexibility index (Phi) is 6.51. The van der Waals surface area contributed by atoms with Crippen molar-refractivity contribution in [1.29, 1.82) is 0 Å². The van der Waals surface area contributed by atoms with Gasteiger partial charge in [-0.2, -0.15) is 0 Å². The van der Waals surface area contributed by atoms with Crippen molar-refractivity contribution in [2.45, 2.75) is 0 Å². The Morgan fingerprint density at radius 3 is 0.895 bits per heavy atom. The topological polar surface area (TPSA) is 58.0 Å².